The average Bonchev–Trinajstić information content (AvgIpc) is 2.46. The molecule has 0 saturated carbocycles. The molecule has 21 heavy (non-hydrogen) atoms. The first-order valence-corrected chi connectivity index (χ1v) is 8.35. The summed E-state index contributed by atoms with van der Waals surface area (Å²) in [6.45, 7) is 3.22. The molecule has 0 spiro atoms. The predicted molar refractivity (Wildman–Crippen MR) is 83.6 cm³/mol. The van der Waals surface area contributed by atoms with Crippen LogP contribution in [0.1, 0.15) is 22.8 Å². The van der Waals surface area contributed by atoms with Crippen LogP contribution in [0.2, 0.25) is 5.02 Å². The number of carbonyl (C=O) groups excluding carboxylic acids is 1. The molecule has 0 bridgehead atoms. The Hall–Kier alpha value is -1.65. The molecular formula is C16H15ClO3S. The maximum Gasteiger partial charge on any atom is 0.188 e. The SMILES string of the molecule is Cc1cccc(S(=O)(=O)C(C)C(=O)c2ccc(Cl)cc2)c1. The number of sulfone groups is 1. The lowest BCUT2D eigenvalue weighted by atomic mass is 10.1. The third-order valence-electron chi connectivity index (χ3n) is 3.28. The minimum Gasteiger partial charge on any atom is -0.293 e. The monoisotopic (exact) mass is 322 g/mol. The van der Waals surface area contributed by atoms with Crippen LogP contribution in [0.4, 0.5) is 0 Å². The Morgan fingerprint density at radius 2 is 1.71 bits per heavy atom. The van der Waals surface area contributed by atoms with Gasteiger partial charge in [-0.05, 0) is 55.8 Å². The van der Waals surface area contributed by atoms with E-state index in [-0.39, 0.29) is 4.90 Å². The average molecular weight is 323 g/mol. The molecule has 1 atom stereocenters. The van der Waals surface area contributed by atoms with E-state index in [0.717, 1.165) is 5.56 Å². The van der Waals surface area contributed by atoms with E-state index in [0.29, 0.717) is 10.6 Å². The molecule has 2 rings (SSSR count). The van der Waals surface area contributed by atoms with E-state index in [4.69, 9.17) is 11.6 Å². The number of hydrogen-bond donors (Lipinski definition) is 0. The molecule has 0 amide bonds. The number of ketones is 1. The van der Waals surface area contributed by atoms with E-state index in [9.17, 15) is 13.2 Å². The normalized spacial score (nSPS) is 12.9. The van der Waals surface area contributed by atoms with Crippen molar-refractivity contribution in [2.45, 2.75) is 24.0 Å². The maximum absolute atomic E-state index is 12.5. The van der Waals surface area contributed by atoms with Crippen molar-refractivity contribution in [2.24, 2.45) is 0 Å². The molecule has 5 heteroatoms. The Balaban J connectivity index is 2.36. The highest BCUT2D eigenvalue weighted by Crippen LogP contribution is 2.21. The first-order valence-electron chi connectivity index (χ1n) is 6.43. The first kappa shape index (κ1) is 15.7. The molecule has 0 aliphatic carbocycles. The van der Waals surface area contributed by atoms with Crippen molar-refractivity contribution in [1.82, 2.24) is 0 Å². The van der Waals surface area contributed by atoms with Gasteiger partial charge in [-0.15, -0.1) is 0 Å². The van der Waals surface area contributed by atoms with Gasteiger partial charge in [-0.25, -0.2) is 8.42 Å². The zero-order valence-corrected chi connectivity index (χ0v) is 13.3. The molecule has 0 aliphatic rings. The fraction of sp³-hybridized carbons (Fsp3) is 0.188. The van der Waals surface area contributed by atoms with Crippen LogP contribution in [0.3, 0.4) is 0 Å². The van der Waals surface area contributed by atoms with Crippen LogP contribution in [0.15, 0.2) is 53.4 Å². The van der Waals surface area contributed by atoms with Crippen LogP contribution in [0.5, 0.6) is 0 Å². The molecule has 0 saturated heterocycles. The van der Waals surface area contributed by atoms with E-state index in [2.05, 4.69) is 0 Å². The third kappa shape index (κ3) is 3.34. The van der Waals surface area contributed by atoms with Crippen LogP contribution >= 0.6 is 11.6 Å². The molecule has 2 aromatic carbocycles. The molecule has 0 fully saturated rings. The molecule has 2 aromatic rings. The molecule has 0 heterocycles. The molecule has 1 unspecified atom stereocenters. The summed E-state index contributed by atoms with van der Waals surface area (Å²) in [6.07, 6.45) is 0. The quantitative estimate of drug-likeness (QED) is 0.807. The molecule has 0 aliphatic heterocycles. The van der Waals surface area contributed by atoms with Gasteiger partial charge in [0.15, 0.2) is 15.6 Å². The van der Waals surface area contributed by atoms with Gasteiger partial charge in [0.2, 0.25) is 0 Å². The summed E-state index contributed by atoms with van der Waals surface area (Å²) in [4.78, 5) is 12.5. The van der Waals surface area contributed by atoms with E-state index in [1.807, 2.05) is 13.0 Å². The molecule has 110 valence electrons. The van der Waals surface area contributed by atoms with Crippen molar-refractivity contribution in [1.29, 1.82) is 0 Å². The Bertz CT molecular complexity index is 764. The van der Waals surface area contributed by atoms with Crippen LogP contribution in [0, 0.1) is 6.92 Å². The van der Waals surface area contributed by atoms with Crippen LogP contribution in [-0.2, 0) is 9.84 Å². The summed E-state index contributed by atoms with van der Waals surface area (Å²) >= 11 is 5.77. The van der Waals surface area contributed by atoms with Gasteiger partial charge >= 0.3 is 0 Å². The summed E-state index contributed by atoms with van der Waals surface area (Å²) in [5.74, 6) is -0.437. The van der Waals surface area contributed by atoms with E-state index in [1.54, 1.807) is 24.3 Å². The van der Waals surface area contributed by atoms with Gasteiger partial charge in [-0.2, -0.15) is 0 Å². The second-order valence-electron chi connectivity index (χ2n) is 4.87. The standard InChI is InChI=1S/C16H15ClO3S/c1-11-4-3-5-15(10-11)21(19,20)12(2)16(18)13-6-8-14(17)9-7-13/h3-10,12H,1-2H3. The van der Waals surface area contributed by atoms with E-state index in [1.165, 1.54) is 25.1 Å². The van der Waals surface area contributed by atoms with Gasteiger partial charge in [-0.3, -0.25) is 4.79 Å². The lowest BCUT2D eigenvalue weighted by molar-refractivity contribution is 0.0991. The molecule has 3 nitrogen and oxygen atoms in total. The predicted octanol–water partition coefficient (Wildman–Crippen LogP) is 3.69. The largest absolute Gasteiger partial charge is 0.293 e. The van der Waals surface area contributed by atoms with Gasteiger partial charge in [0.05, 0.1) is 4.90 Å². The van der Waals surface area contributed by atoms with Gasteiger partial charge in [0, 0.05) is 10.6 Å². The Labute approximate surface area is 129 Å². The van der Waals surface area contributed by atoms with Crippen molar-refractivity contribution in [3.8, 4) is 0 Å². The highest BCUT2D eigenvalue weighted by molar-refractivity contribution is 7.92. The Kier molecular flexibility index (Phi) is 4.49. The number of rotatable bonds is 4. The van der Waals surface area contributed by atoms with Crippen LogP contribution < -0.4 is 0 Å². The van der Waals surface area contributed by atoms with Gasteiger partial charge in [-0.1, -0.05) is 23.7 Å². The molecule has 0 N–H and O–H groups in total. The van der Waals surface area contributed by atoms with Crippen molar-refractivity contribution in [2.75, 3.05) is 0 Å². The summed E-state index contributed by atoms with van der Waals surface area (Å²) in [6, 6.07) is 12.8. The Morgan fingerprint density at radius 1 is 1.10 bits per heavy atom. The van der Waals surface area contributed by atoms with Crippen LogP contribution in [0.25, 0.3) is 0 Å². The van der Waals surface area contributed by atoms with Crippen molar-refractivity contribution >= 4 is 27.2 Å². The zero-order valence-electron chi connectivity index (χ0n) is 11.7. The second kappa shape index (κ2) is 6.00. The maximum atomic E-state index is 12.5. The van der Waals surface area contributed by atoms with Crippen LogP contribution in [-0.4, -0.2) is 19.5 Å². The minimum absolute atomic E-state index is 0.164. The van der Waals surface area contributed by atoms with Gasteiger partial charge in [0.25, 0.3) is 0 Å². The first-order chi connectivity index (χ1) is 9.82. The number of Topliss-reactive ketones (excluding diaryl/α,β-unsaturated/α-hetero) is 1. The highest BCUT2D eigenvalue weighted by Gasteiger charge is 2.30. The molecule has 0 aromatic heterocycles. The van der Waals surface area contributed by atoms with Gasteiger partial charge < -0.3 is 0 Å². The minimum atomic E-state index is -3.70. The summed E-state index contributed by atoms with van der Waals surface area (Å²) in [5.41, 5.74) is 1.17. The number of hydrogen-bond acceptors (Lipinski definition) is 3. The summed E-state index contributed by atoms with van der Waals surface area (Å²) < 4.78 is 25.0. The summed E-state index contributed by atoms with van der Waals surface area (Å²) in [7, 11) is -3.70. The number of aryl methyl sites for hydroxylation is 1. The molecular weight excluding hydrogens is 308 g/mol. The van der Waals surface area contributed by atoms with Gasteiger partial charge in [0.1, 0.15) is 5.25 Å². The lowest BCUT2D eigenvalue weighted by Gasteiger charge is -2.12. The lowest BCUT2D eigenvalue weighted by Crippen LogP contribution is -2.27. The van der Waals surface area contributed by atoms with Crippen molar-refractivity contribution in [3.05, 3.63) is 64.7 Å². The van der Waals surface area contributed by atoms with Crippen molar-refractivity contribution < 1.29 is 13.2 Å². The van der Waals surface area contributed by atoms with E-state index >= 15 is 0 Å². The highest BCUT2D eigenvalue weighted by atomic mass is 35.5. The topological polar surface area (TPSA) is 51.2 Å². The van der Waals surface area contributed by atoms with Crippen molar-refractivity contribution in [3.63, 3.8) is 0 Å². The number of benzene rings is 2. The third-order valence-corrected chi connectivity index (χ3v) is 5.59. The smallest absolute Gasteiger partial charge is 0.188 e. The molecule has 0 radical (unpaired) electrons. The fourth-order valence-electron chi connectivity index (χ4n) is 1.99. The Morgan fingerprint density at radius 3 is 2.29 bits per heavy atom. The number of carbonyl (C=O) groups is 1. The second-order valence-corrected chi connectivity index (χ2v) is 7.58. The summed E-state index contributed by atoms with van der Waals surface area (Å²) in [5, 5.41) is -0.638. The zero-order chi connectivity index (χ0) is 15.6. The van der Waals surface area contributed by atoms with E-state index < -0.39 is 20.9 Å². The number of halogens is 1. The fourth-order valence-corrected chi connectivity index (χ4v) is 3.56.